The van der Waals surface area contributed by atoms with Crippen molar-refractivity contribution in [2.75, 3.05) is 0 Å². The Morgan fingerprint density at radius 3 is 1.11 bits per heavy atom. The van der Waals surface area contributed by atoms with E-state index in [-0.39, 0.29) is 55.8 Å². The van der Waals surface area contributed by atoms with Gasteiger partial charge in [0, 0.05) is 0 Å². The first-order valence-corrected chi connectivity index (χ1v) is 13.0. The number of aliphatic imine (C=N–C) groups is 2. The third-order valence-electron chi connectivity index (χ3n) is 5.93. The third-order valence-corrected chi connectivity index (χ3v) is 5.93. The van der Waals surface area contributed by atoms with Crippen LogP contribution in [0, 0.1) is 0 Å². The normalized spacial score (nSPS) is 10.4. The Bertz CT molecular complexity index is 1000. The van der Waals surface area contributed by atoms with Gasteiger partial charge >= 0.3 is 18.6 Å². The van der Waals surface area contributed by atoms with Gasteiger partial charge in [-0.15, -0.1) is 0 Å². The van der Waals surface area contributed by atoms with E-state index in [0.717, 1.165) is 74.1 Å². The number of hydrogen-bond acceptors (Lipinski definition) is 3. The molecule has 0 aliphatic rings. The molecule has 0 radical (unpaired) electrons. The number of hydrogen-bond donors (Lipinski definition) is 0. The number of aromatic nitrogens is 1. The molecule has 0 aliphatic heterocycles. The Morgan fingerprint density at radius 1 is 0.526 bits per heavy atom. The van der Waals surface area contributed by atoms with Gasteiger partial charge in [-0.3, -0.25) is 9.98 Å². The molecule has 0 saturated heterocycles. The van der Waals surface area contributed by atoms with Crippen LogP contribution in [-0.4, -0.2) is 17.4 Å². The van der Waals surface area contributed by atoms with Gasteiger partial charge in [-0.05, 0) is 60.1 Å². The van der Waals surface area contributed by atoms with E-state index in [9.17, 15) is 0 Å². The number of rotatable bonds is 12. The molecular formula is C31H39Cl3N3V. The minimum atomic E-state index is 0. The van der Waals surface area contributed by atoms with Crippen molar-refractivity contribution in [1.82, 2.24) is 4.98 Å². The predicted molar refractivity (Wildman–Crippen MR) is 148 cm³/mol. The molecule has 2 aromatic carbocycles. The zero-order valence-corrected chi connectivity index (χ0v) is 26.6. The van der Waals surface area contributed by atoms with Crippen molar-refractivity contribution in [3.63, 3.8) is 0 Å². The van der Waals surface area contributed by atoms with E-state index in [1.807, 2.05) is 30.6 Å². The van der Waals surface area contributed by atoms with E-state index < -0.39 is 0 Å². The predicted octanol–water partition coefficient (Wildman–Crippen LogP) is -0.598. The molecule has 3 aromatic rings. The molecule has 0 spiro atoms. The maximum atomic E-state index is 4.92. The standard InChI is InChI=1S/C31H39N3.3ClH.V/c1-5-12-24-16-9-17-25(13-6-2)30(24)32-22-28-20-11-21-29(34-28)23-33-31-26(14-7-3)18-10-19-27(31)15-8-4;;;;/h9-11,16-23H,5-8,12-15H2,1-4H3;3*1H;/q;;;;+3/p-3. The Hall–Kier alpha value is -1.62. The average molecular weight is 611 g/mol. The van der Waals surface area contributed by atoms with Gasteiger partial charge in [0.05, 0.1) is 35.2 Å². The zero-order chi connectivity index (χ0) is 24.2. The first-order valence-electron chi connectivity index (χ1n) is 13.0. The van der Waals surface area contributed by atoms with Crippen LogP contribution in [0.3, 0.4) is 0 Å². The van der Waals surface area contributed by atoms with Crippen LogP contribution in [0.2, 0.25) is 0 Å². The van der Waals surface area contributed by atoms with Crippen molar-refractivity contribution < 1.29 is 55.8 Å². The second kappa shape index (κ2) is 21.2. The van der Waals surface area contributed by atoms with E-state index in [1.165, 1.54) is 22.3 Å². The van der Waals surface area contributed by atoms with Gasteiger partial charge in [-0.1, -0.05) is 95.8 Å². The van der Waals surface area contributed by atoms with Gasteiger partial charge in [0.2, 0.25) is 0 Å². The third kappa shape index (κ3) is 11.2. The first-order chi connectivity index (χ1) is 16.7. The molecule has 3 nitrogen and oxygen atoms in total. The summed E-state index contributed by atoms with van der Waals surface area (Å²) in [6, 6.07) is 19.2. The summed E-state index contributed by atoms with van der Waals surface area (Å²) in [5, 5.41) is 0. The fourth-order valence-corrected chi connectivity index (χ4v) is 4.38. The van der Waals surface area contributed by atoms with Gasteiger partial charge < -0.3 is 37.2 Å². The molecule has 3 rings (SSSR count). The summed E-state index contributed by atoms with van der Waals surface area (Å²) in [6.07, 6.45) is 12.4. The summed E-state index contributed by atoms with van der Waals surface area (Å²) >= 11 is 0. The summed E-state index contributed by atoms with van der Waals surface area (Å²) in [7, 11) is 0. The van der Waals surface area contributed by atoms with E-state index in [0.29, 0.717) is 0 Å². The van der Waals surface area contributed by atoms with Gasteiger partial charge in [-0.25, -0.2) is 4.98 Å². The number of benzene rings is 2. The molecule has 7 heteroatoms. The molecule has 0 fully saturated rings. The van der Waals surface area contributed by atoms with Crippen LogP contribution in [0.1, 0.15) is 87.0 Å². The second-order valence-electron chi connectivity index (χ2n) is 8.85. The topological polar surface area (TPSA) is 37.6 Å². The van der Waals surface area contributed by atoms with Crippen LogP contribution in [0.15, 0.2) is 64.6 Å². The minimum Gasteiger partial charge on any atom is -1.00 e. The zero-order valence-electron chi connectivity index (χ0n) is 22.9. The molecule has 0 bridgehead atoms. The summed E-state index contributed by atoms with van der Waals surface area (Å²) in [4.78, 5) is 14.6. The minimum absolute atomic E-state index is 0. The van der Waals surface area contributed by atoms with E-state index in [2.05, 4.69) is 64.1 Å². The van der Waals surface area contributed by atoms with Crippen LogP contribution >= 0.6 is 0 Å². The number of nitrogens with zero attached hydrogens (tertiary/aromatic N) is 3. The number of aryl methyl sites for hydroxylation is 4. The quantitative estimate of drug-likeness (QED) is 0.253. The molecular weight excluding hydrogens is 572 g/mol. The van der Waals surface area contributed by atoms with Crippen molar-refractivity contribution in [1.29, 1.82) is 0 Å². The summed E-state index contributed by atoms with van der Waals surface area (Å²) < 4.78 is 0. The maximum absolute atomic E-state index is 4.92. The van der Waals surface area contributed by atoms with Crippen molar-refractivity contribution in [3.8, 4) is 0 Å². The summed E-state index contributed by atoms with van der Waals surface area (Å²) in [5.74, 6) is 0. The van der Waals surface area contributed by atoms with E-state index in [4.69, 9.17) is 15.0 Å². The molecule has 38 heavy (non-hydrogen) atoms. The monoisotopic (exact) mass is 609 g/mol. The van der Waals surface area contributed by atoms with Crippen LogP contribution < -0.4 is 37.2 Å². The molecule has 0 N–H and O–H groups in total. The summed E-state index contributed by atoms with van der Waals surface area (Å²) in [5.41, 5.74) is 9.21. The molecule has 0 unspecified atom stereocenters. The van der Waals surface area contributed by atoms with Crippen molar-refractivity contribution >= 4 is 23.8 Å². The van der Waals surface area contributed by atoms with Crippen LogP contribution in [0.5, 0.6) is 0 Å². The molecule has 1 heterocycles. The van der Waals surface area contributed by atoms with Crippen molar-refractivity contribution in [3.05, 3.63) is 88.2 Å². The second-order valence-corrected chi connectivity index (χ2v) is 8.85. The Balaban J connectivity index is 0. The maximum Gasteiger partial charge on any atom is 3.00 e. The number of para-hydroxylation sites is 2. The van der Waals surface area contributed by atoms with E-state index in [1.54, 1.807) is 0 Å². The largest absolute Gasteiger partial charge is 3.00 e. The fraction of sp³-hybridized carbons (Fsp3) is 0.387. The Labute approximate surface area is 260 Å². The van der Waals surface area contributed by atoms with Crippen LogP contribution in [0.25, 0.3) is 0 Å². The molecule has 0 amide bonds. The van der Waals surface area contributed by atoms with Crippen molar-refractivity contribution in [2.24, 2.45) is 9.98 Å². The average Bonchev–Trinajstić information content (AvgIpc) is 2.84. The number of pyridine rings is 1. The van der Waals surface area contributed by atoms with Crippen LogP contribution in [-0.2, 0) is 44.2 Å². The van der Waals surface area contributed by atoms with Gasteiger partial charge in [0.25, 0.3) is 0 Å². The Morgan fingerprint density at radius 2 is 0.816 bits per heavy atom. The molecule has 0 atom stereocenters. The first kappa shape index (κ1) is 38.5. The van der Waals surface area contributed by atoms with Crippen LogP contribution in [0.4, 0.5) is 11.4 Å². The number of halogens is 3. The summed E-state index contributed by atoms with van der Waals surface area (Å²) in [6.45, 7) is 8.87. The van der Waals surface area contributed by atoms with Gasteiger partial charge in [0.1, 0.15) is 0 Å². The van der Waals surface area contributed by atoms with Gasteiger partial charge in [0.15, 0.2) is 0 Å². The van der Waals surface area contributed by atoms with Gasteiger partial charge in [-0.2, -0.15) is 0 Å². The molecule has 204 valence electrons. The fourth-order valence-electron chi connectivity index (χ4n) is 4.38. The SMILES string of the molecule is CCCc1cccc(CCC)c1N=Cc1cccc(C=Nc2c(CCC)cccc2CCC)n1.[Cl-].[Cl-].[Cl-].[V+3]. The molecule has 1 aromatic heterocycles. The molecule has 0 aliphatic carbocycles. The smallest absolute Gasteiger partial charge is 1.00 e. The van der Waals surface area contributed by atoms with E-state index >= 15 is 0 Å². The Kier molecular flexibility index (Phi) is 21.5. The van der Waals surface area contributed by atoms with Crippen molar-refractivity contribution in [2.45, 2.75) is 79.1 Å². The molecule has 0 saturated carbocycles.